The van der Waals surface area contributed by atoms with Crippen molar-refractivity contribution in [2.24, 2.45) is 0 Å². The molecule has 0 unspecified atom stereocenters. The van der Waals surface area contributed by atoms with Crippen molar-refractivity contribution in [2.75, 3.05) is 18.0 Å². The molecule has 0 aliphatic carbocycles. The first kappa shape index (κ1) is 19.3. The molecule has 3 heterocycles. The summed E-state index contributed by atoms with van der Waals surface area (Å²) in [6.07, 6.45) is 3.72. The van der Waals surface area contributed by atoms with Gasteiger partial charge in [-0.1, -0.05) is 29.3 Å². The van der Waals surface area contributed by atoms with Gasteiger partial charge in [0.15, 0.2) is 5.82 Å². The highest BCUT2D eigenvalue weighted by Gasteiger charge is 2.21. The second-order valence-corrected chi connectivity index (χ2v) is 7.43. The molecular weight excluding hydrogens is 391 g/mol. The van der Waals surface area contributed by atoms with Crippen LogP contribution in [-0.4, -0.2) is 28.0 Å². The molecule has 7 heteroatoms. The fourth-order valence-corrected chi connectivity index (χ4v) is 3.85. The Kier molecular flexibility index (Phi) is 5.66. The molecule has 3 aromatic rings. The maximum atomic E-state index is 6.21. The van der Waals surface area contributed by atoms with E-state index in [0.717, 1.165) is 52.6 Å². The summed E-state index contributed by atoms with van der Waals surface area (Å²) in [5, 5.41) is 1.11. The van der Waals surface area contributed by atoms with Crippen LogP contribution in [0.4, 0.5) is 5.82 Å². The summed E-state index contributed by atoms with van der Waals surface area (Å²) in [5.41, 5.74) is 5.12. The van der Waals surface area contributed by atoms with Crippen LogP contribution in [0.3, 0.4) is 0 Å². The first-order valence-corrected chi connectivity index (χ1v) is 9.37. The third-order valence-electron chi connectivity index (χ3n) is 4.85. The number of hydrogen-bond acceptors (Lipinski definition) is 3. The molecule has 0 radical (unpaired) electrons. The molecule has 4 nitrogen and oxygen atoms in total. The molecule has 0 spiro atoms. The smallest absolute Gasteiger partial charge is 0.156 e. The Balaban J connectivity index is 0.00000196. The number of benzene rings is 1. The first-order valence-electron chi connectivity index (χ1n) is 8.62. The Morgan fingerprint density at radius 3 is 2.42 bits per heavy atom. The van der Waals surface area contributed by atoms with Crippen LogP contribution in [0.2, 0.25) is 10.0 Å². The first-order chi connectivity index (χ1) is 12.0. The molecule has 0 atom stereocenters. The van der Waals surface area contributed by atoms with Gasteiger partial charge >= 0.3 is 0 Å². The maximum absolute atomic E-state index is 6.21. The summed E-state index contributed by atoms with van der Waals surface area (Å²) in [4.78, 5) is 15.4. The lowest BCUT2D eigenvalue weighted by Gasteiger charge is -2.28. The third-order valence-corrected chi connectivity index (χ3v) is 5.58. The topological polar surface area (TPSA) is 44.8 Å². The number of hydrogen-bond donors (Lipinski definition) is 1. The van der Waals surface area contributed by atoms with Gasteiger partial charge in [-0.15, -0.1) is 12.4 Å². The minimum Gasteiger partial charge on any atom is -0.355 e. The molecule has 1 fully saturated rings. The number of halogens is 3. The van der Waals surface area contributed by atoms with E-state index < -0.39 is 0 Å². The van der Waals surface area contributed by atoms with Gasteiger partial charge in [0.05, 0.1) is 21.3 Å². The van der Waals surface area contributed by atoms with E-state index in [4.69, 9.17) is 28.2 Å². The second-order valence-electron chi connectivity index (χ2n) is 6.62. The van der Waals surface area contributed by atoms with Crippen LogP contribution in [0.15, 0.2) is 18.2 Å². The van der Waals surface area contributed by atoms with E-state index in [-0.39, 0.29) is 12.4 Å². The molecule has 1 aliphatic rings. The number of piperidine rings is 1. The van der Waals surface area contributed by atoms with Crippen molar-refractivity contribution in [2.45, 2.75) is 33.1 Å². The number of fused-ring (bicyclic) bond motifs is 1. The summed E-state index contributed by atoms with van der Waals surface area (Å²) in [6.45, 7) is 6.14. The molecule has 1 N–H and O–H groups in total. The zero-order valence-corrected chi connectivity index (χ0v) is 17.1. The fourth-order valence-electron chi connectivity index (χ4n) is 3.56. The van der Waals surface area contributed by atoms with E-state index in [2.05, 4.69) is 21.8 Å². The van der Waals surface area contributed by atoms with Crippen molar-refractivity contribution >= 4 is 52.5 Å². The van der Waals surface area contributed by atoms with Gasteiger partial charge in [0.1, 0.15) is 11.3 Å². The van der Waals surface area contributed by atoms with Crippen LogP contribution in [0.5, 0.6) is 0 Å². The van der Waals surface area contributed by atoms with Crippen molar-refractivity contribution in [3.63, 3.8) is 0 Å². The Hall–Kier alpha value is -1.49. The second kappa shape index (κ2) is 7.63. The highest BCUT2D eigenvalue weighted by atomic mass is 35.5. The molecule has 1 aromatic carbocycles. The van der Waals surface area contributed by atoms with Crippen molar-refractivity contribution < 1.29 is 0 Å². The number of aromatic nitrogens is 3. The van der Waals surface area contributed by atoms with Crippen molar-refractivity contribution in [3.8, 4) is 11.3 Å². The average Bonchev–Trinajstić information content (AvgIpc) is 2.94. The lowest BCUT2D eigenvalue weighted by atomic mass is 10.1. The van der Waals surface area contributed by atoms with Gasteiger partial charge in [0.2, 0.25) is 0 Å². The SMILES string of the molecule is Cc1nc(N2CCCCC2)c2[nH]c(-c3ccc(Cl)c(Cl)c3)c(C)c2n1.Cl. The molecule has 1 saturated heterocycles. The van der Waals surface area contributed by atoms with Gasteiger partial charge in [0.25, 0.3) is 0 Å². The number of anilines is 1. The molecule has 0 amide bonds. The predicted octanol–water partition coefficient (Wildman–Crippen LogP) is 5.96. The molecule has 138 valence electrons. The summed E-state index contributed by atoms with van der Waals surface area (Å²) >= 11 is 12.3. The molecule has 0 bridgehead atoms. The summed E-state index contributed by atoms with van der Waals surface area (Å²) in [7, 11) is 0. The van der Waals surface area contributed by atoms with E-state index in [1.54, 1.807) is 0 Å². The van der Waals surface area contributed by atoms with E-state index in [1.165, 1.54) is 19.3 Å². The molecule has 26 heavy (non-hydrogen) atoms. The fraction of sp³-hybridized carbons (Fsp3) is 0.368. The van der Waals surface area contributed by atoms with Gasteiger partial charge in [-0.3, -0.25) is 0 Å². The van der Waals surface area contributed by atoms with Gasteiger partial charge in [-0.2, -0.15) is 0 Å². The third kappa shape index (κ3) is 3.38. The number of aryl methyl sites for hydroxylation is 2. The molecule has 4 rings (SSSR count). The molecule has 1 aliphatic heterocycles. The number of H-pyrrole nitrogens is 1. The normalized spacial score (nSPS) is 14.5. The van der Waals surface area contributed by atoms with Gasteiger partial charge < -0.3 is 9.88 Å². The van der Waals surface area contributed by atoms with Crippen LogP contribution in [0.25, 0.3) is 22.3 Å². The summed E-state index contributed by atoms with van der Waals surface area (Å²) < 4.78 is 0. The maximum Gasteiger partial charge on any atom is 0.156 e. The summed E-state index contributed by atoms with van der Waals surface area (Å²) in [6, 6.07) is 5.70. The van der Waals surface area contributed by atoms with Crippen LogP contribution in [0.1, 0.15) is 30.7 Å². The Morgan fingerprint density at radius 2 is 1.73 bits per heavy atom. The Labute approximate surface area is 169 Å². The van der Waals surface area contributed by atoms with Crippen molar-refractivity contribution in [3.05, 3.63) is 39.6 Å². The van der Waals surface area contributed by atoms with Crippen molar-refractivity contribution in [1.29, 1.82) is 0 Å². The summed E-state index contributed by atoms with van der Waals surface area (Å²) in [5.74, 6) is 1.81. The number of aromatic amines is 1. The molecule has 2 aromatic heterocycles. The van der Waals surface area contributed by atoms with E-state index >= 15 is 0 Å². The molecular formula is C19H21Cl3N4. The Bertz CT molecular complexity index is 946. The van der Waals surface area contributed by atoms with Gasteiger partial charge in [-0.25, -0.2) is 9.97 Å². The highest BCUT2D eigenvalue weighted by Crippen LogP contribution is 2.35. The Morgan fingerprint density at radius 1 is 1.00 bits per heavy atom. The number of nitrogens with one attached hydrogen (secondary N) is 1. The van der Waals surface area contributed by atoms with Crippen LogP contribution in [-0.2, 0) is 0 Å². The lowest BCUT2D eigenvalue weighted by Crippen LogP contribution is -2.30. The van der Waals surface area contributed by atoms with Gasteiger partial charge in [-0.05, 0) is 50.8 Å². The van der Waals surface area contributed by atoms with E-state index in [0.29, 0.717) is 10.0 Å². The highest BCUT2D eigenvalue weighted by molar-refractivity contribution is 6.42. The van der Waals surface area contributed by atoms with Crippen LogP contribution in [0, 0.1) is 13.8 Å². The van der Waals surface area contributed by atoms with E-state index in [9.17, 15) is 0 Å². The monoisotopic (exact) mass is 410 g/mol. The number of rotatable bonds is 2. The minimum atomic E-state index is 0. The zero-order valence-electron chi connectivity index (χ0n) is 14.8. The van der Waals surface area contributed by atoms with Crippen LogP contribution < -0.4 is 4.90 Å². The lowest BCUT2D eigenvalue weighted by molar-refractivity contribution is 0.574. The van der Waals surface area contributed by atoms with Gasteiger partial charge in [0, 0.05) is 18.7 Å². The standard InChI is InChI=1S/C19H20Cl2N4.ClH/c1-11-16(13-6-7-14(20)15(21)10-13)24-18-17(11)22-12(2)23-19(18)25-8-4-3-5-9-25;/h6-7,10,24H,3-5,8-9H2,1-2H3;1H. The minimum absolute atomic E-state index is 0. The van der Waals surface area contributed by atoms with Crippen molar-refractivity contribution in [1.82, 2.24) is 15.0 Å². The molecule has 0 saturated carbocycles. The largest absolute Gasteiger partial charge is 0.355 e. The van der Waals surface area contributed by atoms with E-state index in [1.807, 2.05) is 25.1 Å². The quantitative estimate of drug-likeness (QED) is 0.566. The predicted molar refractivity (Wildman–Crippen MR) is 112 cm³/mol. The average molecular weight is 412 g/mol. The zero-order chi connectivity index (χ0) is 17.6. The van der Waals surface area contributed by atoms with Crippen LogP contribution >= 0.6 is 35.6 Å². The number of nitrogens with zero attached hydrogens (tertiary/aromatic N) is 3.